The zero-order valence-electron chi connectivity index (χ0n) is 9.17. The molecule has 0 saturated heterocycles. The molecule has 0 atom stereocenters. The van der Waals surface area contributed by atoms with Crippen LogP contribution in [0, 0.1) is 0 Å². The maximum Gasteiger partial charge on any atom is 0.253 e. The predicted molar refractivity (Wildman–Crippen MR) is 66.8 cm³/mol. The Bertz CT molecular complexity index is 596. The van der Waals surface area contributed by atoms with Crippen molar-refractivity contribution >= 4 is 22.5 Å². The number of hydrogen-bond donors (Lipinski definition) is 2. The number of H-pyrrole nitrogens is 1. The SMILES string of the molecule is CC(C)(N)c1cc2cc(Cl)ccc2[nH]c1=O. The van der Waals surface area contributed by atoms with Gasteiger partial charge in [-0.3, -0.25) is 4.79 Å². The number of nitrogens with two attached hydrogens (primary N) is 1. The molecule has 1 heterocycles. The number of aromatic amines is 1. The van der Waals surface area contributed by atoms with Gasteiger partial charge in [0.25, 0.3) is 5.56 Å². The van der Waals surface area contributed by atoms with Crippen LogP contribution in [-0.4, -0.2) is 4.98 Å². The molecule has 16 heavy (non-hydrogen) atoms. The van der Waals surface area contributed by atoms with Gasteiger partial charge in [-0.1, -0.05) is 11.6 Å². The molecule has 0 radical (unpaired) electrons. The summed E-state index contributed by atoms with van der Waals surface area (Å²) in [7, 11) is 0. The second kappa shape index (κ2) is 3.61. The third-order valence-electron chi connectivity index (χ3n) is 2.50. The van der Waals surface area contributed by atoms with Gasteiger partial charge in [0, 0.05) is 27.0 Å². The number of nitrogens with one attached hydrogen (secondary N) is 1. The van der Waals surface area contributed by atoms with Crippen LogP contribution in [0.1, 0.15) is 19.4 Å². The van der Waals surface area contributed by atoms with Crippen molar-refractivity contribution in [1.82, 2.24) is 4.98 Å². The van der Waals surface area contributed by atoms with Crippen LogP contribution < -0.4 is 11.3 Å². The number of hydrogen-bond acceptors (Lipinski definition) is 2. The summed E-state index contributed by atoms with van der Waals surface area (Å²) in [5.41, 5.74) is 6.44. The second-order valence-electron chi connectivity index (χ2n) is 4.47. The number of aromatic nitrogens is 1. The average Bonchev–Trinajstić information content (AvgIpc) is 2.16. The highest BCUT2D eigenvalue weighted by atomic mass is 35.5. The first kappa shape index (κ1) is 11.2. The van der Waals surface area contributed by atoms with Gasteiger partial charge in [0.05, 0.1) is 0 Å². The molecule has 1 aromatic carbocycles. The summed E-state index contributed by atoms with van der Waals surface area (Å²) in [5.74, 6) is 0. The molecule has 4 heteroatoms. The van der Waals surface area contributed by atoms with Gasteiger partial charge in [0.1, 0.15) is 0 Å². The Morgan fingerprint density at radius 2 is 2.00 bits per heavy atom. The molecule has 2 rings (SSSR count). The van der Waals surface area contributed by atoms with E-state index in [1.165, 1.54) is 0 Å². The molecular weight excluding hydrogens is 224 g/mol. The van der Waals surface area contributed by atoms with Gasteiger partial charge in [0.2, 0.25) is 0 Å². The van der Waals surface area contributed by atoms with Crippen LogP contribution in [0.2, 0.25) is 5.02 Å². The number of rotatable bonds is 1. The summed E-state index contributed by atoms with van der Waals surface area (Å²) < 4.78 is 0. The highest BCUT2D eigenvalue weighted by molar-refractivity contribution is 6.31. The number of benzene rings is 1. The molecule has 0 spiro atoms. The van der Waals surface area contributed by atoms with E-state index in [0.29, 0.717) is 10.6 Å². The van der Waals surface area contributed by atoms with Crippen molar-refractivity contribution in [2.45, 2.75) is 19.4 Å². The first-order valence-corrected chi connectivity index (χ1v) is 5.38. The predicted octanol–water partition coefficient (Wildman–Crippen LogP) is 2.38. The van der Waals surface area contributed by atoms with Crippen molar-refractivity contribution in [3.63, 3.8) is 0 Å². The van der Waals surface area contributed by atoms with Crippen LogP contribution in [0.5, 0.6) is 0 Å². The van der Waals surface area contributed by atoms with E-state index in [-0.39, 0.29) is 5.56 Å². The maximum atomic E-state index is 11.8. The zero-order chi connectivity index (χ0) is 11.9. The summed E-state index contributed by atoms with van der Waals surface area (Å²) in [6.45, 7) is 3.60. The standard InChI is InChI=1S/C12H13ClN2O/c1-12(2,14)9-6-7-5-8(13)3-4-10(7)15-11(9)16/h3-6H,14H2,1-2H3,(H,15,16). The molecule has 0 aliphatic rings. The fourth-order valence-corrected chi connectivity index (χ4v) is 1.84. The molecule has 1 aromatic heterocycles. The van der Waals surface area contributed by atoms with Crippen molar-refractivity contribution in [3.05, 3.63) is 45.2 Å². The Labute approximate surface area is 98.2 Å². The summed E-state index contributed by atoms with van der Waals surface area (Å²) in [6, 6.07) is 7.13. The fourth-order valence-electron chi connectivity index (χ4n) is 1.66. The largest absolute Gasteiger partial charge is 0.322 e. The Morgan fingerprint density at radius 1 is 1.31 bits per heavy atom. The molecule has 84 valence electrons. The molecule has 0 saturated carbocycles. The van der Waals surface area contributed by atoms with Crippen LogP contribution in [0.25, 0.3) is 10.9 Å². The molecule has 3 nitrogen and oxygen atoms in total. The molecule has 2 aromatic rings. The molecule has 0 bridgehead atoms. The van der Waals surface area contributed by atoms with Crippen LogP contribution in [0.4, 0.5) is 0 Å². The second-order valence-corrected chi connectivity index (χ2v) is 4.90. The van der Waals surface area contributed by atoms with Gasteiger partial charge in [-0.2, -0.15) is 0 Å². The fraction of sp³-hybridized carbons (Fsp3) is 0.250. The van der Waals surface area contributed by atoms with Crippen molar-refractivity contribution in [2.75, 3.05) is 0 Å². The first-order valence-electron chi connectivity index (χ1n) is 5.00. The topological polar surface area (TPSA) is 58.9 Å². The molecule has 0 amide bonds. The van der Waals surface area contributed by atoms with Gasteiger partial charge in [-0.05, 0) is 38.1 Å². The summed E-state index contributed by atoms with van der Waals surface area (Å²) in [6.07, 6.45) is 0. The minimum Gasteiger partial charge on any atom is -0.322 e. The van der Waals surface area contributed by atoms with Crippen LogP contribution in [-0.2, 0) is 5.54 Å². The van der Waals surface area contributed by atoms with E-state index >= 15 is 0 Å². The summed E-state index contributed by atoms with van der Waals surface area (Å²) in [5, 5.41) is 1.53. The minimum absolute atomic E-state index is 0.151. The van der Waals surface area contributed by atoms with Gasteiger partial charge in [0.15, 0.2) is 0 Å². The third kappa shape index (κ3) is 1.96. The number of pyridine rings is 1. The minimum atomic E-state index is -0.663. The van der Waals surface area contributed by atoms with E-state index < -0.39 is 5.54 Å². The lowest BCUT2D eigenvalue weighted by Crippen LogP contribution is -2.35. The monoisotopic (exact) mass is 236 g/mol. The Kier molecular flexibility index (Phi) is 2.52. The van der Waals surface area contributed by atoms with Gasteiger partial charge in [-0.25, -0.2) is 0 Å². The van der Waals surface area contributed by atoms with Crippen LogP contribution in [0.3, 0.4) is 0 Å². The molecule has 3 N–H and O–H groups in total. The Morgan fingerprint density at radius 3 is 2.62 bits per heavy atom. The number of fused-ring (bicyclic) bond motifs is 1. The van der Waals surface area contributed by atoms with E-state index in [4.69, 9.17) is 17.3 Å². The van der Waals surface area contributed by atoms with E-state index in [1.54, 1.807) is 32.0 Å². The summed E-state index contributed by atoms with van der Waals surface area (Å²) >= 11 is 5.90. The molecule has 0 fully saturated rings. The first-order chi connectivity index (χ1) is 7.38. The maximum absolute atomic E-state index is 11.8. The van der Waals surface area contributed by atoms with E-state index in [0.717, 1.165) is 10.9 Å². The van der Waals surface area contributed by atoms with Crippen molar-refractivity contribution in [1.29, 1.82) is 0 Å². The smallest absolute Gasteiger partial charge is 0.253 e. The molecular formula is C12H13ClN2O. The normalized spacial score (nSPS) is 12.0. The highest BCUT2D eigenvalue weighted by Crippen LogP contribution is 2.20. The highest BCUT2D eigenvalue weighted by Gasteiger charge is 2.18. The zero-order valence-corrected chi connectivity index (χ0v) is 9.93. The summed E-state index contributed by atoms with van der Waals surface area (Å²) in [4.78, 5) is 14.6. The van der Waals surface area contributed by atoms with Crippen LogP contribution in [0.15, 0.2) is 29.1 Å². The van der Waals surface area contributed by atoms with Gasteiger partial charge < -0.3 is 10.7 Å². The lowest BCUT2D eigenvalue weighted by atomic mass is 9.96. The molecule has 0 aliphatic heterocycles. The van der Waals surface area contributed by atoms with Gasteiger partial charge in [-0.15, -0.1) is 0 Å². The average molecular weight is 237 g/mol. The Balaban J connectivity index is 2.79. The van der Waals surface area contributed by atoms with E-state index in [1.807, 2.05) is 6.07 Å². The van der Waals surface area contributed by atoms with E-state index in [2.05, 4.69) is 4.98 Å². The molecule has 0 unspecified atom stereocenters. The van der Waals surface area contributed by atoms with E-state index in [9.17, 15) is 4.79 Å². The third-order valence-corrected chi connectivity index (χ3v) is 2.74. The lowest BCUT2D eigenvalue weighted by Gasteiger charge is -2.18. The quantitative estimate of drug-likeness (QED) is 0.799. The van der Waals surface area contributed by atoms with Crippen molar-refractivity contribution in [3.8, 4) is 0 Å². The Hall–Kier alpha value is -1.32. The molecule has 0 aliphatic carbocycles. The lowest BCUT2D eigenvalue weighted by molar-refractivity contribution is 0.548. The van der Waals surface area contributed by atoms with Crippen molar-refractivity contribution < 1.29 is 0 Å². The van der Waals surface area contributed by atoms with Crippen LogP contribution >= 0.6 is 11.6 Å². The van der Waals surface area contributed by atoms with Gasteiger partial charge >= 0.3 is 0 Å². The number of halogens is 1. The van der Waals surface area contributed by atoms with Crippen molar-refractivity contribution in [2.24, 2.45) is 5.73 Å².